The lowest BCUT2D eigenvalue weighted by Crippen LogP contribution is -1.97. The van der Waals surface area contributed by atoms with Crippen molar-refractivity contribution >= 4 is 10.9 Å². The molecule has 78 valence electrons. The minimum atomic E-state index is -0.205. The molecule has 1 aromatic carbocycles. The van der Waals surface area contributed by atoms with Crippen LogP contribution in [0.2, 0.25) is 0 Å². The Morgan fingerprint density at radius 1 is 1.27 bits per heavy atom. The Hall–Kier alpha value is -1.44. The molecular formula is C13H14FN. The molecule has 0 aliphatic rings. The highest BCUT2D eigenvalue weighted by Gasteiger charge is 2.11. The van der Waals surface area contributed by atoms with Crippen LogP contribution < -0.4 is 0 Å². The van der Waals surface area contributed by atoms with Gasteiger partial charge in [-0.05, 0) is 25.0 Å². The van der Waals surface area contributed by atoms with Gasteiger partial charge in [-0.25, -0.2) is 4.39 Å². The Balaban J connectivity index is 2.84. The summed E-state index contributed by atoms with van der Waals surface area (Å²) in [5.74, 6) is -0.0274. The molecule has 0 atom stereocenters. The topological polar surface area (TPSA) is 12.9 Å². The fourth-order valence-corrected chi connectivity index (χ4v) is 1.89. The van der Waals surface area contributed by atoms with Crippen LogP contribution in [-0.4, -0.2) is 4.98 Å². The highest BCUT2D eigenvalue weighted by atomic mass is 19.1. The van der Waals surface area contributed by atoms with Gasteiger partial charge in [0.05, 0.1) is 11.7 Å². The highest BCUT2D eigenvalue weighted by molar-refractivity contribution is 5.83. The van der Waals surface area contributed by atoms with Crippen LogP contribution in [0.3, 0.4) is 0 Å². The molecule has 2 aromatic rings. The molecule has 1 nitrogen and oxygen atoms in total. The van der Waals surface area contributed by atoms with Crippen molar-refractivity contribution in [3.63, 3.8) is 0 Å². The van der Waals surface area contributed by atoms with E-state index in [9.17, 15) is 4.39 Å². The van der Waals surface area contributed by atoms with Crippen LogP contribution in [0.15, 0.2) is 24.4 Å². The Morgan fingerprint density at radius 2 is 2.00 bits per heavy atom. The van der Waals surface area contributed by atoms with Crippen LogP contribution >= 0.6 is 0 Å². The minimum absolute atomic E-state index is 0.178. The van der Waals surface area contributed by atoms with Crippen molar-refractivity contribution in [3.05, 3.63) is 41.3 Å². The molecule has 2 rings (SSSR count). The maximum absolute atomic E-state index is 13.6. The monoisotopic (exact) mass is 203 g/mol. The van der Waals surface area contributed by atoms with Crippen molar-refractivity contribution in [1.82, 2.24) is 4.98 Å². The number of hydrogen-bond acceptors (Lipinski definition) is 1. The Bertz CT molecular complexity index is 498. The van der Waals surface area contributed by atoms with E-state index in [2.05, 4.69) is 4.98 Å². The predicted octanol–water partition coefficient (Wildman–Crippen LogP) is 3.81. The molecule has 0 radical (unpaired) electrons. The number of rotatable bonds is 1. The van der Waals surface area contributed by atoms with Crippen LogP contribution in [0, 0.1) is 12.7 Å². The van der Waals surface area contributed by atoms with E-state index < -0.39 is 0 Å². The zero-order valence-electron chi connectivity index (χ0n) is 9.21. The van der Waals surface area contributed by atoms with E-state index in [0.29, 0.717) is 0 Å². The third kappa shape index (κ3) is 1.72. The number of nitrogens with zero attached hydrogens (tertiary/aromatic N) is 1. The predicted molar refractivity (Wildman–Crippen MR) is 60.5 cm³/mol. The summed E-state index contributed by atoms with van der Waals surface area (Å²) in [6.07, 6.45) is 1.31. The number of aromatic nitrogens is 1. The summed E-state index contributed by atoms with van der Waals surface area (Å²) < 4.78 is 13.6. The van der Waals surface area contributed by atoms with Gasteiger partial charge in [0.15, 0.2) is 0 Å². The molecule has 0 unspecified atom stereocenters. The summed E-state index contributed by atoms with van der Waals surface area (Å²) in [6.45, 7) is 6.01. The fourth-order valence-electron chi connectivity index (χ4n) is 1.89. The SMILES string of the molecule is Cc1ccc2ncc(F)c(C(C)C)c2c1. The zero-order valence-corrected chi connectivity index (χ0v) is 9.21. The van der Waals surface area contributed by atoms with Gasteiger partial charge in [0.1, 0.15) is 5.82 Å². The number of hydrogen-bond donors (Lipinski definition) is 0. The van der Waals surface area contributed by atoms with Crippen LogP contribution in [-0.2, 0) is 0 Å². The average molecular weight is 203 g/mol. The maximum Gasteiger partial charge on any atom is 0.145 e. The molecular weight excluding hydrogens is 189 g/mol. The molecule has 0 N–H and O–H groups in total. The van der Waals surface area contributed by atoms with Gasteiger partial charge in [0, 0.05) is 10.9 Å². The second kappa shape index (κ2) is 3.61. The van der Waals surface area contributed by atoms with Gasteiger partial charge in [-0.3, -0.25) is 4.98 Å². The largest absolute Gasteiger partial charge is 0.253 e. The molecule has 0 bridgehead atoms. The first-order valence-electron chi connectivity index (χ1n) is 5.14. The number of pyridine rings is 1. The molecule has 0 spiro atoms. The maximum atomic E-state index is 13.6. The second-order valence-electron chi connectivity index (χ2n) is 4.20. The number of aryl methyl sites for hydroxylation is 1. The normalized spacial score (nSPS) is 11.3. The molecule has 0 amide bonds. The lowest BCUT2D eigenvalue weighted by atomic mass is 9.97. The first-order valence-corrected chi connectivity index (χ1v) is 5.14. The third-order valence-corrected chi connectivity index (χ3v) is 2.59. The highest BCUT2D eigenvalue weighted by Crippen LogP contribution is 2.27. The van der Waals surface area contributed by atoms with Crippen LogP contribution in [0.5, 0.6) is 0 Å². The van der Waals surface area contributed by atoms with Crippen molar-refractivity contribution in [2.24, 2.45) is 0 Å². The van der Waals surface area contributed by atoms with Gasteiger partial charge in [-0.1, -0.05) is 25.5 Å². The summed E-state index contributed by atoms with van der Waals surface area (Å²) >= 11 is 0. The summed E-state index contributed by atoms with van der Waals surface area (Å²) in [7, 11) is 0. The Morgan fingerprint density at radius 3 is 2.67 bits per heavy atom. The zero-order chi connectivity index (χ0) is 11.0. The van der Waals surface area contributed by atoms with Crippen molar-refractivity contribution in [1.29, 1.82) is 0 Å². The Labute approximate surface area is 89.0 Å². The molecule has 0 aliphatic carbocycles. The first kappa shape index (κ1) is 10.1. The average Bonchev–Trinajstić information content (AvgIpc) is 2.16. The summed E-state index contributed by atoms with van der Waals surface area (Å²) in [6, 6.07) is 5.94. The standard InChI is InChI=1S/C13H14FN/c1-8(2)13-10-6-9(3)4-5-12(10)15-7-11(13)14/h4-8H,1-3H3. The summed E-state index contributed by atoms with van der Waals surface area (Å²) in [4.78, 5) is 4.09. The van der Waals surface area contributed by atoms with E-state index >= 15 is 0 Å². The minimum Gasteiger partial charge on any atom is -0.253 e. The summed E-state index contributed by atoms with van der Waals surface area (Å²) in [5.41, 5.74) is 2.77. The van der Waals surface area contributed by atoms with E-state index in [1.165, 1.54) is 6.20 Å². The quantitative estimate of drug-likeness (QED) is 0.686. The molecule has 1 aromatic heterocycles. The van der Waals surface area contributed by atoms with Gasteiger partial charge in [0.2, 0.25) is 0 Å². The van der Waals surface area contributed by atoms with Crippen LogP contribution in [0.4, 0.5) is 4.39 Å². The smallest absolute Gasteiger partial charge is 0.145 e. The van der Waals surface area contributed by atoms with Crippen molar-refractivity contribution < 1.29 is 4.39 Å². The van der Waals surface area contributed by atoms with Crippen molar-refractivity contribution in [2.45, 2.75) is 26.7 Å². The van der Waals surface area contributed by atoms with E-state index in [1.54, 1.807) is 0 Å². The van der Waals surface area contributed by atoms with Gasteiger partial charge < -0.3 is 0 Å². The molecule has 1 heterocycles. The van der Waals surface area contributed by atoms with Gasteiger partial charge in [-0.2, -0.15) is 0 Å². The third-order valence-electron chi connectivity index (χ3n) is 2.59. The fraction of sp³-hybridized carbons (Fsp3) is 0.308. The van der Waals surface area contributed by atoms with E-state index in [-0.39, 0.29) is 11.7 Å². The lowest BCUT2D eigenvalue weighted by molar-refractivity contribution is 0.597. The van der Waals surface area contributed by atoms with Crippen LogP contribution in [0.1, 0.15) is 30.9 Å². The first-order chi connectivity index (χ1) is 7.09. The molecule has 0 fully saturated rings. The van der Waals surface area contributed by atoms with Gasteiger partial charge >= 0.3 is 0 Å². The van der Waals surface area contributed by atoms with Crippen molar-refractivity contribution in [2.75, 3.05) is 0 Å². The van der Waals surface area contributed by atoms with Crippen molar-refractivity contribution in [3.8, 4) is 0 Å². The molecule has 0 saturated carbocycles. The van der Waals surface area contributed by atoms with Crippen LogP contribution in [0.25, 0.3) is 10.9 Å². The molecule has 0 saturated heterocycles. The number of halogens is 1. The number of fused-ring (bicyclic) bond motifs is 1. The molecule has 15 heavy (non-hydrogen) atoms. The Kier molecular flexibility index (Phi) is 2.43. The molecule has 0 aliphatic heterocycles. The van der Waals surface area contributed by atoms with E-state index in [1.807, 2.05) is 39.0 Å². The summed E-state index contributed by atoms with van der Waals surface area (Å²) in [5, 5.41) is 0.935. The lowest BCUT2D eigenvalue weighted by Gasteiger charge is -2.11. The van der Waals surface area contributed by atoms with E-state index in [0.717, 1.165) is 22.0 Å². The van der Waals surface area contributed by atoms with Gasteiger partial charge in [0.25, 0.3) is 0 Å². The molecule has 2 heteroatoms. The van der Waals surface area contributed by atoms with Gasteiger partial charge in [-0.15, -0.1) is 0 Å². The number of benzene rings is 1. The van der Waals surface area contributed by atoms with E-state index in [4.69, 9.17) is 0 Å². The second-order valence-corrected chi connectivity index (χ2v) is 4.20.